The van der Waals surface area contributed by atoms with Crippen LogP contribution in [0, 0.1) is 0 Å². The molecule has 17 heavy (non-hydrogen) atoms. The molecule has 0 aliphatic carbocycles. The third kappa shape index (κ3) is 4.99. The molecule has 1 fully saturated rings. The minimum absolute atomic E-state index is 0.152. The predicted molar refractivity (Wildman–Crippen MR) is 72.9 cm³/mol. The smallest absolute Gasteiger partial charge is 0.182 e. The summed E-state index contributed by atoms with van der Waals surface area (Å²) in [4.78, 5) is 4.79. The van der Waals surface area contributed by atoms with Gasteiger partial charge in [0.1, 0.15) is 5.60 Å². The van der Waals surface area contributed by atoms with Gasteiger partial charge in [0, 0.05) is 32.2 Å². The number of ether oxygens (including phenoxy) is 1. The van der Waals surface area contributed by atoms with Gasteiger partial charge in [-0.2, -0.15) is 0 Å². The molecule has 1 saturated heterocycles. The summed E-state index contributed by atoms with van der Waals surface area (Å²) in [5.41, 5.74) is -0.152. The van der Waals surface area contributed by atoms with Crippen LogP contribution in [0.2, 0.25) is 0 Å². The molecule has 1 heterocycles. The van der Waals surface area contributed by atoms with Crippen LogP contribution >= 0.6 is 0 Å². The van der Waals surface area contributed by atoms with E-state index in [0.717, 1.165) is 25.5 Å². The Bertz CT molecular complexity index is 255. The lowest BCUT2D eigenvalue weighted by molar-refractivity contribution is 0.00375. The molecule has 0 aromatic rings. The number of nitrogens with zero attached hydrogens (tertiary/aromatic N) is 2. The van der Waals surface area contributed by atoms with Crippen molar-refractivity contribution in [2.24, 2.45) is 0 Å². The van der Waals surface area contributed by atoms with Crippen LogP contribution in [0.15, 0.2) is 12.5 Å². The zero-order chi connectivity index (χ0) is 13.1. The van der Waals surface area contributed by atoms with Crippen molar-refractivity contribution in [3.8, 4) is 0 Å². The molecule has 0 radical (unpaired) electrons. The van der Waals surface area contributed by atoms with E-state index in [1.807, 2.05) is 0 Å². The van der Waals surface area contributed by atoms with Crippen LogP contribution in [0.1, 0.15) is 41.0 Å². The highest BCUT2D eigenvalue weighted by Crippen LogP contribution is 2.17. The van der Waals surface area contributed by atoms with E-state index in [1.165, 1.54) is 13.0 Å². The van der Waals surface area contributed by atoms with Gasteiger partial charge in [-0.05, 0) is 47.6 Å². The maximum Gasteiger partial charge on any atom is 0.182 e. The van der Waals surface area contributed by atoms with Gasteiger partial charge in [-0.15, -0.1) is 0 Å². The average Bonchev–Trinajstić information content (AvgIpc) is 2.39. The highest BCUT2D eigenvalue weighted by atomic mass is 16.5. The first-order valence-corrected chi connectivity index (χ1v) is 6.66. The lowest BCUT2D eigenvalue weighted by Crippen LogP contribution is -2.36. The zero-order valence-corrected chi connectivity index (χ0v) is 12.1. The van der Waals surface area contributed by atoms with Crippen LogP contribution in [0.3, 0.4) is 0 Å². The molecule has 100 valence electrons. The van der Waals surface area contributed by atoms with Crippen molar-refractivity contribution in [3.63, 3.8) is 0 Å². The van der Waals surface area contributed by atoms with Crippen molar-refractivity contribution in [3.05, 3.63) is 12.5 Å². The molecule has 0 spiro atoms. The summed E-state index contributed by atoms with van der Waals surface area (Å²) in [6.45, 7) is 19.1. The highest BCUT2D eigenvalue weighted by molar-refractivity contribution is 4.88. The summed E-state index contributed by atoms with van der Waals surface area (Å²) in [5.74, 6) is 0.822. The molecule has 0 amide bonds. The quantitative estimate of drug-likeness (QED) is 0.705. The maximum absolute atomic E-state index is 5.84. The Kier molecular flexibility index (Phi) is 4.87. The van der Waals surface area contributed by atoms with Crippen molar-refractivity contribution in [1.29, 1.82) is 0 Å². The molecule has 0 aromatic carbocycles. The van der Waals surface area contributed by atoms with Crippen molar-refractivity contribution >= 4 is 0 Å². The number of hydrogen-bond donors (Lipinski definition) is 0. The second-order valence-corrected chi connectivity index (χ2v) is 6.08. The van der Waals surface area contributed by atoms with E-state index in [0.29, 0.717) is 6.04 Å². The normalized spacial score (nSPS) is 19.3. The zero-order valence-electron chi connectivity index (χ0n) is 12.1. The second-order valence-electron chi connectivity index (χ2n) is 6.08. The van der Waals surface area contributed by atoms with Crippen LogP contribution in [-0.2, 0) is 4.74 Å². The van der Waals surface area contributed by atoms with Gasteiger partial charge in [0.25, 0.3) is 0 Å². The minimum Gasteiger partial charge on any atom is -0.474 e. The number of rotatable bonds is 3. The maximum atomic E-state index is 5.84. The molecule has 1 aliphatic rings. The molecule has 0 N–H and O–H groups in total. The van der Waals surface area contributed by atoms with Gasteiger partial charge in [-0.3, -0.25) is 4.90 Å². The van der Waals surface area contributed by atoms with E-state index in [1.54, 1.807) is 0 Å². The predicted octanol–water partition coefficient (Wildman–Crippen LogP) is 2.69. The van der Waals surface area contributed by atoms with Crippen LogP contribution < -0.4 is 0 Å². The first-order valence-electron chi connectivity index (χ1n) is 6.66. The monoisotopic (exact) mass is 240 g/mol. The molecule has 0 atom stereocenters. The topological polar surface area (TPSA) is 15.7 Å². The molecule has 3 nitrogen and oxygen atoms in total. The largest absolute Gasteiger partial charge is 0.474 e. The molecule has 0 bridgehead atoms. The molecule has 0 aromatic heterocycles. The summed E-state index contributed by atoms with van der Waals surface area (Å²) in [7, 11) is 0. The Balaban J connectivity index is 2.48. The first kappa shape index (κ1) is 14.4. The third-order valence-corrected chi connectivity index (χ3v) is 3.04. The van der Waals surface area contributed by atoms with Crippen molar-refractivity contribution in [2.45, 2.75) is 52.7 Å². The van der Waals surface area contributed by atoms with Crippen LogP contribution in [-0.4, -0.2) is 47.6 Å². The first-order chi connectivity index (χ1) is 7.79. The highest BCUT2D eigenvalue weighted by Gasteiger charge is 2.21. The molecule has 1 rings (SSSR count). The average molecular weight is 240 g/mol. The summed E-state index contributed by atoms with van der Waals surface area (Å²) in [6.07, 6.45) is 1.19. The van der Waals surface area contributed by atoms with E-state index < -0.39 is 0 Å². The molecular formula is C14H28N2O. The molecule has 1 aliphatic heterocycles. The third-order valence-electron chi connectivity index (χ3n) is 3.04. The Morgan fingerprint density at radius 1 is 1.12 bits per heavy atom. The van der Waals surface area contributed by atoms with Gasteiger partial charge in [-0.1, -0.05) is 0 Å². The van der Waals surface area contributed by atoms with Crippen molar-refractivity contribution < 1.29 is 4.74 Å². The molecular weight excluding hydrogens is 212 g/mol. The van der Waals surface area contributed by atoms with E-state index >= 15 is 0 Å². The van der Waals surface area contributed by atoms with Gasteiger partial charge < -0.3 is 9.64 Å². The summed E-state index contributed by atoms with van der Waals surface area (Å²) < 4.78 is 5.84. The Hall–Kier alpha value is -0.700. The SMILES string of the molecule is C=C(OC(C)(C)C)N1CCCN(C(C)C)CC1. The van der Waals surface area contributed by atoms with Crippen molar-refractivity contribution in [1.82, 2.24) is 9.80 Å². The van der Waals surface area contributed by atoms with Gasteiger partial charge in [0.15, 0.2) is 5.88 Å². The van der Waals surface area contributed by atoms with Gasteiger partial charge in [-0.25, -0.2) is 0 Å². The van der Waals surface area contributed by atoms with Gasteiger partial charge in [0.05, 0.1) is 0 Å². The molecule has 0 unspecified atom stereocenters. The number of hydrogen-bond acceptors (Lipinski definition) is 3. The lowest BCUT2D eigenvalue weighted by Gasteiger charge is -2.31. The van der Waals surface area contributed by atoms with E-state index in [4.69, 9.17) is 4.74 Å². The summed E-state index contributed by atoms with van der Waals surface area (Å²) in [6, 6.07) is 0.631. The van der Waals surface area contributed by atoms with E-state index in [-0.39, 0.29) is 5.60 Å². The van der Waals surface area contributed by atoms with Crippen LogP contribution in [0.5, 0.6) is 0 Å². The molecule has 0 saturated carbocycles. The van der Waals surface area contributed by atoms with E-state index in [9.17, 15) is 0 Å². The van der Waals surface area contributed by atoms with Crippen molar-refractivity contribution in [2.75, 3.05) is 26.2 Å². The Labute approximate surface area is 106 Å². The van der Waals surface area contributed by atoms with E-state index in [2.05, 4.69) is 51.0 Å². The second kappa shape index (κ2) is 5.76. The minimum atomic E-state index is -0.152. The fraction of sp³-hybridized carbons (Fsp3) is 0.857. The van der Waals surface area contributed by atoms with Crippen LogP contribution in [0.25, 0.3) is 0 Å². The molecule has 3 heteroatoms. The Morgan fingerprint density at radius 2 is 1.76 bits per heavy atom. The fourth-order valence-electron chi connectivity index (χ4n) is 2.12. The lowest BCUT2D eigenvalue weighted by atomic mass is 10.2. The summed E-state index contributed by atoms with van der Waals surface area (Å²) in [5, 5.41) is 0. The van der Waals surface area contributed by atoms with Gasteiger partial charge >= 0.3 is 0 Å². The summed E-state index contributed by atoms with van der Waals surface area (Å²) >= 11 is 0. The fourth-order valence-corrected chi connectivity index (χ4v) is 2.12. The van der Waals surface area contributed by atoms with Crippen LogP contribution in [0.4, 0.5) is 0 Å². The van der Waals surface area contributed by atoms with Gasteiger partial charge in [0.2, 0.25) is 0 Å². The standard InChI is InChI=1S/C14H28N2O/c1-12(2)15-8-7-9-16(11-10-15)13(3)17-14(4,5)6/h12H,3,7-11H2,1-2,4-6H3. The Morgan fingerprint density at radius 3 is 2.29 bits per heavy atom.